The van der Waals surface area contributed by atoms with Crippen molar-refractivity contribution in [1.82, 2.24) is 10.2 Å². The number of rotatable bonds is 5. The summed E-state index contributed by atoms with van der Waals surface area (Å²) in [5.41, 5.74) is 1.48. The van der Waals surface area contributed by atoms with Crippen LogP contribution in [0.2, 0.25) is 0 Å². The Labute approximate surface area is 115 Å². The first-order chi connectivity index (χ1) is 8.77. The van der Waals surface area contributed by atoms with Crippen LogP contribution in [0.3, 0.4) is 0 Å². The molecule has 0 aliphatic carbocycles. The molecule has 2 atom stereocenters. The summed E-state index contributed by atoms with van der Waals surface area (Å²) in [5.74, 6) is 0.771. The standard InChI is InChI=1S/C15H26N2S/c1-4-8-17-9-5-6-13(11-16-3)14(17)15-12(2)7-10-18-15/h7,10,13-14,16H,4-6,8-9,11H2,1-3H3. The number of nitrogens with one attached hydrogen (secondary N) is 1. The van der Waals surface area contributed by atoms with Gasteiger partial charge in [-0.1, -0.05) is 6.92 Å². The normalized spacial score (nSPS) is 25.5. The summed E-state index contributed by atoms with van der Waals surface area (Å²) >= 11 is 1.95. The first-order valence-corrected chi connectivity index (χ1v) is 8.08. The van der Waals surface area contributed by atoms with Gasteiger partial charge in [0.15, 0.2) is 0 Å². The quantitative estimate of drug-likeness (QED) is 0.878. The molecule has 102 valence electrons. The Balaban J connectivity index is 2.23. The van der Waals surface area contributed by atoms with Crippen LogP contribution in [0.5, 0.6) is 0 Å². The van der Waals surface area contributed by atoms with E-state index in [9.17, 15) is 0 Å². The van der Waals surface area contributed by atoms with E-state index < -0.39 is 0 Å². The van der Waals surface area contributed by atoms with Gasteiger partial charge in [-0.2, -0.15) is 0 Å². The minimum absolute atomic E-state index is 0.645. The minimum atomic E-state index is 0.645. The molecule has 1 aliphatic rings. The van der Waals surface area contributed by atoms with Gasteiger partial charge >= 0.3 is 0 Å². The molecular weight excluding hydrogens is 240 g/mol. The lowest BCUT2D eigenvalue weighted by molar-refractivity contribution is 0.0945. The van der Waals surface area contributed by atoms with Crippen LogP contribution < -0.4 is 5.32 Å². The summed E-state index contributed by atoms with van der Waals surface area (Å²) in [6.45, 7) is 8.21. The molecule has 0 radical (unpaired) electrons. The molecule has 2 rings (SSSR count). The van der Waals surface area contributed by atoms with E-state index >= 15 is 0 Å². The highest BCUT2D eigenvalue weighted by molar-refractivity contribution is 7.10. The number of piperidine rings is 1. The molecule has 0 saturated carbocycles. The smallest absolute Gasteiger partial charge is 0.0484 e. The van der Waals surface area contributed by atoms with Crippen molar-refractivity contribution in [2.45, 2.75) is 39.2 Å². The third kappa shape index (κ3) is 2.95. The van der Waals surface area contributed by atoms with Crippen molar-refractivity contribution in [3.8, 4) is 0 Å². The number of aryl methyl sites for hydroxylation is 1. The van der Waals surface area contributed by atoms with Crippen LogP contribution in [0, 0.1) is 12.8 Å². The van der Waals surface area contributed by atoms with Crippen molar-refractivity contribution >= 4 is 11.3 Å². The van der Waals surface area contributed by atoms with Crippen molar-refractivity contribution < 1.29 is 0 Å². The molecule has 18 heavy (non-hydrogen) atoms. The van der Waals surface area contributed by atoms with Gasteiger partial charge < -0.3 is 5.32 Å². The molecule has 2 heterocycles. The molecule has 1 fully saturated rings. The van der Waals surface area contributed by atoms with Crippen molar-refractivity contribution in [1.29, 1.82) is 0 Å². The molecule has 1 aromatic rings. The van der Waals surface area contributed by atoms with Gasteiger partial charge in [-0.25, -0.2) is 0 Å². The van der Waals surface area contributed by atoms with E-state index in [1.807, 2.05) is 11.3 Å². The van der Waals surface area contributed by atoms with Crippen LogP contribution in [-0.2, 0) is 0 Å². The summed E-state index contributed by atoms with van der Waals surface area (Å²) in [6.07, 6.45) is 3.98. The topological polar surface area (TPSA) is 15.3 Å². The van der Waals surface area contributed by atoms with Gasteiger partial charge in [0.05, 0.1) is 0 Å². The van der Waals surface area contributed by atoms with Gasteiger partial charge in [-0.15, -0.1) is 11.3 Å². The Bertz CT molecular complexity index is 343. The van der Waals surface area contributed by atoms with Gasteiger partial charge in [0, 0.05) is 10.9 Å². The number of thiophene rings is 1. The van der Waals surface area contributed by atoms with Gasteiger partial charge in [-0.05, 0) is 75.8 Å². The number of hydrogen-bond donors (Lipinski definition) is 1. The zero-order valence-corrected chi connectivity index (χ0v) is 12.7. The third-order valence-corrected chi connectivity index (χ3v) is 5.10. The molecule has 0 spiro atoms. The number of likely N-dealkylation sites (tertiary alicyclic amines) is 1. The van der Waals surface area contributed by atoms with E-state index in [1.54, 1.807) is 4.88 Å². The molecule has 2 unspecified atom stereocenters. The highest BCUT2D eigenvalue weighted by atomic mass is 32.1. The molecule has 1 aromatic heterocycles. The van der Waals surface area contributed by atoms with Gasteiger partial charge in [0.1, 0.15) is 0 Å². The zero-order chi connectivity index (χ0) is 13.0. The SMILES string of the molecule is CCCN1CCCC(CNC)C1c1sccc1C. The summed E-state index contributed by atoms with van der Waals surface area (Å²) in [6, 6.07) is 2.92. The maximum atomic E-state index is 3.39. The van der Waals surface area contributed by atoms with Crippen molar-refractivity contribution in [2.24, 2.45) is 5.92 Å². The van der Waals surface area contributed by atoms with Crippen LogP contribution in [0.4, 0.5) is 0 Å². The monoisotopic (exact) mass is 266 g/mol. The van der Waals surface area contributed by atoms with Gasteiger partial charge in [0.25, 0.3) is 0 Å². The van der Waals surface area contributed by atoms with E-state index in [-0.39, 0.29) is 0 Å². The Kier molecular flexibility index (Phi) is 5.22. The maximum absolute atomic E-state index is 3.39. The second-order valence-electron chi connectivity index (χ2n) is 5.41. The minimum Gasteiger partial charge on any atom is -0.319 e. The molecule has 1 N–H and O–H groups in total. The average Bonchev–Trinajstić information content (AvgIpc) is 2.77. The Morgan fingerprint density at radius 2 is 2.33 bits per heavy atom. The predicted octanol–water partition coefficient (Wildman–Crippen LogP) is 3.44. The van der Waals surface area contributed by atoms with E-state index in [4.69, 9.17) is 0 Å². The second-order valence-corrected chi connectivity index (χ2v) is 6.36. The van der Waals surface area contributed by atoms with Crippen LogP contribution >= 0.6 is 11.3 Å². The molecule has 0 aromatic carbocycles. The summed E-state index contributed by atoms with van der Waals surface area (Å²) in [4.78, 5) is 4.31. The summed E-state index contributed by atoms with van der Waals surface area (Å²) in [5, 5.41) is 5.64. The third-order valence-electron chi connectivity index (χ3n) is 4.01. The molecule has 2 nitrogen and oxygen atoms in total. The zero-order valence-electron chi connectivity index (χ0n) is 11.9. The molecule has 1 aliphatic heterocycles. The highest BCUT2D eigenvalue weighted by Crippen LogP contribution is 2.39. The Morgan fingerprint density at radius 1 is 1.50 bits per heavy atom. The van der Waals surface area contributed by atoms with Gasteiger partial charge in [-0.3, -0.25) is 4.90 Å². The maximum Gasteiger partial charge on any atom is 0.0484 e. The Morgan fingerprint density at radius 3 is 2.94 bits per heavy atom. The number of nitrogens with zero attached hydrogens (tertiary/aromatic N) is 1. The van der Waals surface area contributed by atoms with Gasteiger partial charge in [0.2, 0.25) is 0 Å². The first-order valence-electron chi connectivity index (χ1n) is 7.20. The van der Waals surface area contributed by atoms with Crippen LogP contribution in [0.1, 0.15) is 42.7 Å². The van der Waals surface area contributed by atoms with Crippen molar-refractivity contribution in [3.05, 3.63) is 21.9 Å². The second kappa shape index (κ2) is 6.69. The summed E-state index contributed by atoms with van der Waals surface area (Å²) < 4.78 is 0. The lowest BCUT2D eigenvalue weighted by atomic mass is 9.87. The summed E-state index contributed by atoms with van der Waals surface area (Å²) in [7, 11) is 2.08. The lowest BCUT2D eigenvalue weighted by Crippen LogP contribution is -2.42. The molecule has 0 bridgehead atoms. The first kappa shape index (κ1) is 14.0. The number of hydrogen-bond acceptors (Lipinski definition) is 3. The average molecular weight is 266 g/mol. The largest absolute Gasteiger partial charge is 0.319 e. The van der Waals surface area contributed by atoms with Crippen LogP contribution in [0.15, 0.2) is 11.4 Å². The van der Waals surface area contributed by atoms with Crippen LogP contribution in [-0.4, -0.2) is 31.6 Å². The fourth-order valence-corrected chi connectivity index (χ4v) is 4.39. The van der Waals surface area contributed by atoms with Crippen LogP contribution in [0.25, 0.3) is 0 Å². The Hall–Kier alpha value is -0.380. The molecule has 1 saturated heterocycles. The fourth-order valence-electron chi connectivity index (χ4n) is 3.23. The van der Waals surface area contributed by atoms with Crippen molar-refractivity contribution in [3.63, 3.8) is 0 Å². The molecular formula is C15H26N2S. The van der Waals surface area contributed by atoms with Crippen molar-refractivity contribution in [2.75, 3.05) is 26.7 Å². The molecule has 0 amide bonds. The van der Waals surface area contributed by atoms with E-state index in [1.165, 1.54) is 37.9 Å². The van der Waals surface area contributed by atoms with E-state index in [0.29, 0.717) is 6.04 Å². The highest BCUT2D eigenvalue weighted by Gasteiger charge is 2.33. The predicted molar refractivity (Wildman–Crippen MR) is 80.3 cm³/mol. The fraction of sp³-hybridized carbons (Fsp3) is 0.733. The lowest BCUT2D eigenvalue weighted by Gasteiger charge is -2.41. The molecule has 3 heteroatoms. The van der Waals surface area contributed by atoms with E-state index in [0.717, 1.165) is 12.5 Å². The van der Waals surface area contributed by atoms with E-state index in [2.05, 4.69) is 42.6 Å².